The summed E-state index contributed by atoms with van der Waals surface area (Å²) in [5.74, 6) is 0.474. The minimum absolute atomic E-state index is 0.474. The Labute approximate surface area is 86.0 Å². The summed E-state index contributed by atoms with van der Waals surface area (Å²) in [4.78, 5) is 3.19. The maximum atomic E-state index is 5.54. The van der Waals surface area contributed by atoms with Gasteiger partial charge in [0.25, 0.3) is 0 Å². The molecular formula is C9H24N5+3. The molecule has 6 N–H and O–H groups in total. The van der Waals surface area contributed by atoms with E-state index in [2.05, 4.69) is 18.7 Å². The molecule has 1 saturated heterocycles. The summed E-state index contributed by atoms with van der Waals surface area (Å²) in [5, 5.41) is 0. The van der Waals surface area contributed by atoms with E-state index in [9.17, 15) is 0 Å². The fourth-order valence-electron chi connectivity index (χ4n) is 1.76. The van der Waals surface area contributed by atoms with Crippen molar-refractivity contribution in [3.63, 3.8) is 0 Å². The molecule has 0 atom stereocenters. The molecule has 0 aromatic heterocycles. The van der Waals surface area contributed by atoms with Crippen molar-refractivity contribution in [1.29, 1.82) is 0 Å². The van der Waals surface area contributed by atoms with Crippen LogP contribution in [-0.2, 0) is 0 Å². The van der Waals surface area contributed by atoms with Gasteiger partial charge in [-0.05, 0) is 0 Å². The lowest BCUT2D eigenvalue weighted by Gasteiger charge is -2.25. The summed E-state index contributed by atoms with van der Waals surface area (Å²) >= 11 is 0. The highest BCUT2D eigenvalue weighted by Crippen LogP contribution is 1.76. The van der Waals surface area contributed by atoms with Crippen LogP contribution in [0.2, 0.25) is 0 Å². The van der Waals surface area contributed by atoms with Gasteiger partial charge in [-0.3, -0.25) is 16.0 Å². The minimum Gasteiger partial charge on any atom is -0.335 e. The van der Waals surface area contributed by atoms with Crippen LogP contribution in [0, 0.1) is 0 Å². The van der Waals surface area contributed by atoms with Gasteiger partial charge >= 0.3 is 5.96 Å². The van der Waals surface area contributed by atoms with Crippen molar-refractivity contribution in [3.05, 3.63) is 0 Å². The second kappa shape index (κ2) is 5.17. The van der Waals surface area contributed by atoms with E-state index in [0.717, 1.165) is 26.2 Å². The number of hydrogen-bond donors (Lipinski definition) is 4. The van der Waals surface area contributed by atoms with Gasteiger partial charge in [-0.1, -0.05) is 0 Å². The molecular weight excluding hydrogens is 178 g/mol. The predicted octanol–water partition coefficient (Wildman–Crippen LogP) is -4.68. The van der Waals surface area contributed by atoms with E-state index in [1.165, 1.54) is 18.0 Å². The van der Waals surface area contributed by atoms with Gasteiger partial charge in [0.1, 0.15) is 39.3 Å². The van der Waals surface area contributed by atoms with Gasteiger partial charge in [-0.2, -0.15) is 0 Å². The third-order valence-electron chi connectivity index (χ3n) is 2.81. The number of nitrogens with zero attached hydrogens (tertiary/aromatic N) is 1. The van der Waals surface area contributed by atoms with E-state index in [-0.39, 0.29) is 0 Å². The molecule has 0 aliphatic carbocycles. The average molecular weight is 202 g/mol. The average Bonchev–Trinajstić information content (AvgIpc) is 2.15. The van der Waals surface area contributed by atoms with Crippen molar-refractivity contribution in [2.45, 2.75) is 0 Å². The number of likely N-dealkylation sites (N-methyl/N-ethyl adjacent to an activating group) is 1. The van der Waals surface area contributed by atoms with Crippen LogP contribution in [0.4, 0.5) is 0 Å². The zero-order valence-corrected chi connectivity index (χ0v) is 9.34. The number of piperazine rings is 1. The van der Waals surface area contributed by atoms with E-state index in [0.29, 0.717) is 5.96 Å². The zero-order valence-electron chi connectivity index (χ0n) is 9.34. The summed E-state index contributed by atoms with van der Waals surface area (Å²) in [6, 6.07) is 0. The molecule has 1 heterocycles. The smallest absolute Gasteiger partial charge is 0.335 e. The van der Waals surface area contributed by atoms with Crippen molar-refractivity contribution >= 4 is 5.96 Å². The van der Waals surface area contributed by atoms with Gasteiger partial charge in [-0.25, -0.2) is 0 Å². The molecule has 0 radical (unpaired) electrons. The standard InChI is InChI=1S/C9H21N5/c1-12(2)3-4-13-5-7-14(8-6-13)9(10)11/h3-8H2,1-2H3,(H3,10,11)/p+3. The van der Waals surface area contributed by atoms with Crippen LogP contribution in [0.25, 0.3) is 0 Å². The Morgan fingerprint density at radius 2 is 1.86 bits per heavy atom. The third-order valence-corrected chi connectivity index (χ3v) is 2.81. The quantitative estimate of drug-likeness (QED) is 0.275. The highest BCUT2D eigenvalue weighted by atomic mass is 15.3. The summed E-state index contributed by atoms with van der Waals surface area (Å²) in [6.45, 7) is 6.80. The van der Waals surface area contributed by atoms with Crippen LogP contribution in [0.5, 0.6) is 0 Å². The summed E-state index contributed by atoms with van der Waals surface area (Å²) < 4.78 is 2.06. The maximum Gasteiger partial charge on any atom is 0.341 e. The number of rotatable bonds is 3. The van der Waals surface area contributed by atoms with E-state index in [1.54, 1.807) is 4.90 Å². The summed E-state index contributed by atoms with van der Waals surface area (Å²) in [6.07, 6.45) is 0. The molecule has 0 aromatic carbocycles. The number of quaternary nitrogens is 2. The first-order valence-electron chi connectivity index (χ1n) is 5.35. The molecule has 1 rings (SSSR count). The van der Waals surface area contributed by atoms with E-state index >= 15 is 0 Å². The molecule has 0 unspecified atom stereocenters. The van der Waals surface area contributed by atoms with Gasteiger partial charge in [0.2, 0.25) is 0 Å². The Hall–Kier alpha value is -0.810. The Bertz CT molecular complexity index is 197. The fourth-order valence-corrected chi connectivity index (χ4v) is 1.76. The van der Waals surface area contributed by atoms with Crippen LogP contribution in [0.1, 0.15) is 0 Å². The first kappa shape index (κ1) is 11.3. The molecule has 1 fully saturated rings. The number of nitrogens with two attached hydrogens (primary N) is 2. The monoisotopic (exact) mass is 202 g/mol. The van der Waals surface area contributed by atoms with Crippen molar-refractivity contribution in [1.82, 2.24) is 0 Å². The zero-order chi connectivity index (χ0) is 10.6. The Kier molecular flexibility index (Phi) is 4.16. The minimum atomic E-state index is 0.474. The Balaban J connectivity index is 2.26. The fraction of sp³-hybridized carbons (Fsp3) is 0.889. The molecule has 14 heavy (non-hydrogen) atoms. The SMILES string of the molecule is C[NH+](C)CC[NH+]1CC[N+](=C(N)N)CC1. The lowest BCUT2D eigenvalue weighted by atomic mass is 10.3. The van der Waals surface area contributed by atoms with Crippen LogP contribution >= 0.6 is 0 Å². The van der Waals surface area contributed by atoms with Gasteiger partial charge in [-0.15, -0.1) is 0 Å². The molecule has 1 aliphatic heterocycles. The van der Waals surface area contributed by atoms with E-state index in [4.69, 9.17) is 11.5 Å². The van der Waals surface area contributed by atoms with Crippen molar-refractivity contribution < 1.29 is 14.4 Å². The van der Waals surface area contributed by atoms with Gasteiger partial charge in [0.15, 0.2) is 0 Å². The molecule has 1 aliphatic rings. The summed E-state index contributed by atoms with van der Waals surface area (Å²) in [7, 11) is 4.39. The number of nitrogens with one attached hydrogen (secondary N) is 2. The Morgan fingerprint density at radius 1 is 1.29 bits per heavy atom. The van der Waals surface area contributed by atoms with Gasteiger partial charge < -0.3 is 9.80 Å². The molecule has 0 spiro atoms. The Morgan fingerprint density at radius 3 is 2.29 bits per heavy atom. The van der Waals surface area contributed by atoms with Gasteiger partial charge in [0.05, 0.1) is 14.1 Å². The molecule has 5 heteroatoms. The first-order valence-corrected chi connectivity index (χ1v) is 5.35. The predicted molar refractivity (Wildman–Crippen MR) is 56.6 cm³/mol. The van der Waals surface area contributed by atoms with Crippen LogP contribution in [0.3, 0.4) is 0 Å². The molecule has 0 amide bonds. The third kappa shape index (κ3) is 3.51. The van der Waals surface area contributed by atoms with Crippen LogP contribution in [-0.4, -0.2) is 63.9 Å². The number of guanidine groups is 1. The molecule has 0 bridgehead atoms. The number of hydrogen-bond acceptors (Lipinski definition) is 0. The van der Waals surface area contributed by atoms with Crippen molar-refractivity contribution in [2.75, 3.05) is 53.4 Å². The van der Waals surface area contributed by atoms with Crippen molar-refractivity contribution in [2.24, 2.45) is 11.5 Å². The van der Waals surface area contributed by atoms with Gasteiger partial charge in [0, 0.05) is 0 Å². The second-order valence-electron chi connectivity index (χ2n) is 4.37. The van der Waals surface area contributed by atoms with E-state index in [1.807, 2.05) is 0 Å². The molecule has 5 nitrogen and oxygen atoms in total. The highest BCUT2D eigenvalue weighted by molar-refractivity contribution is 5.70. The maximum absolute atomic E-state index is 5.54. The largest absolute Gasteiger partial charge is 0.341 e. The topological polar surface area (TPSA) is 63.9 Å². The van der Waals surface area contributed by atoms with Crippen LogP contribution < -0.4 is 21.3 Å². The highest BCUT2D eigenvalue weighted by Gasteiger charge is 2.19. The lowest BCUT2D eigenvalue weighted by Crippen LogP contribution is -3.19. The first-order chi connectivity index (χ1) is 6.59. The molecule has 0 saturated carbocycles. The molecule has 0 aromatic rings. The lowest BCUT2D eigenvalue weighted by molar-refractivity contribution is -0.961. The summed E-state index contributed by atoms with van der Waals surface area (Å²) in [5.41, 5.74) is 11.1. The van der Waals surface area contributed by atoms with E-state index < -0.39 is 0 Å². The normalized spacial score (nSPS) is 22.8. The van der Waals surface area contributed by atoms with Crippen LogP contribution in [0.15, 0.2) is 0 Å². The molecule has 82 valence electrons. The van der Waals surface area contributed by atoms with Crippen molar-refractivity contribution in [3.8, 4) is 0 Å². The second-order valence-corrected chi connectivity index (χ2v) is 4.37.